The third-order valence-corrected chi connectivity index (χ3v) is 4.63. The predicted molar refractivity (Wildman–Crippen MR) is 91.8 cm³/mol. The van der Waals surface area contributed by atoms with Gasteiger partial charge < -0.3 is 9.80 Å². The van der Waals surface area contributed by atoms with Crippen LogP contribution in [-0.4, -0.2) is 41.2 Å². The number of rotatable bonds is 5. The van der Waals surface area contributed by atoms with Gasteiger partial charge in [-0.3, -0.25) is 9.59 Å². The molecule has 0 N–H and O–H groups in total. The molecule has 4 nitrogen and oxygen atoms in total. The van der Waals surface area contributed by atoms with Crippen molar-refractivity contribution in [1.29, 1.82) is 0 Å². The molecule has 1 aromatic rings. The van der Waals surface area contributed by atoms with E-state index in [0.717, 1.165) is 31.2 Å². The fraction of sp³-hybridized carbons (Fsp3) is 0.474. The van der Waals surface area contributed by atoms with Gasteiger partial charge in [-0.05, 0) is 37.3 Å². The maximum absolute atomic E-state index is 13.0. The van der Waals surface area contributed by atoms with Crippen LogP contribution in [0.5, 0.6) is 0 Å². The van der Waals surface area contributed by atoms with Crippen molar-refractivity contribution in [1.82, 2.24) is 9.80 Å². The summed E-state index contributed by atoms with van der Waals surface area (Å²) in [5.41, 5.74) is 1.13. The van der Waals surface area contributed by atoms with Crippen LogP contribution in [0.4, 0.5) is 0 Å². The third kappa shape index (κ3) is 3.81. The van der Waals surface area contributed by atoms with E-state index in [4.69, 9.17) is 0 Å². The van der Waals surface area contributed by atoms with Gasteiger partial charge in [-0.1, -0.05) is 43.8 Å². The van der Waals surface area contributed by atoms with Crippen molar-refractivity contribution in [3.8, 4) is 0 Å². The van der Waals surface area contributed by atoms with Gasteiger partial charge >= 0.3 is 0 Å². The van der Waals surface area contributed by atoms with E-state index in [-0.39, 0.29) is 23.9 Å². The molecular weight excluding hydrogens is 288 g/mol. The van der Waals surface area contributed by atoms with Gasteiger partial charge in [0.2, 0.25) is 11.8 Å². The van der Waals surface area contributed by atoms with Gasteiger partial charge in [0.25, 0.3) is 0 Å². The van der Waals surface area contributed by atoms with Gasteiger partial charge in [0.1, 0.15) is 6.04 Å². The van der Waals surface area contributed by atoms with Crippen LogP contribution in [0.15, 0.2) is 43.0 Å². The lowest BCUT2D eigenvalue weighted by Crippen LogP contribution is -2.52. The molecule has 1 heterocycles. The minimum absolute atomic E-state index is 0.0237. The summed E-state index contributed by atoms with van der Waals surface area (Å²) in [6.07, 6.45) is 4.80. The lowest BCUT2D eigenvalue weighted by atomic mass is 9.98. The van der Waals surface area contributed by atoms with Crippen molar-refractivity contribution >= 4 is 11.8 Å². The van der Waals surface area contributed by atoms with Gasteiger partial charge in [0, 0.05) is 13.6 Å². The molecular formula is C19H26N2O2. The van der Waals surface area contributed by atoms with E-state index in [1.54, 1.807) is 9.80 Å². The summed E-state index contributed by atoms with van der Waals surface area (Å²) in [7, 11) is 1.84. The first-order chi connectivity index (χ1) is 11.1. The van der Waals surface area contributed by atoms with Gasteiger partial charge in [-0.2, -0.15) is 0 Å². The van der Waals surface area contributed by atoms with E-state index in [1.165, 1.54) is 6.08 Å². The average Bonchev–Trinajstić information content (AvgIpc) is 2.61. The van der Waals surface area contributed by atoms with E-state index in [1.807, 2.05) is 37.4 Å². The molecule has 0 spiro atoms. The maximum atomic E-state index is 13.0. The minimum atomic E-state index is -0.364. The molecule has 1 aromatic carbocycles. The Kier molecular flexibility index (Phi) is 5.97. The number of hydrogen-bond acceptors (Lipinski definition) is 2. The smallest absolute Gasteiger partial charge is 0.246 e. The van der Waals surface area contributed by atoms with Crippen LogP contribution < -0.4 is 0 Å². The van der Waals surface area contributed by atoms with E-state index >= 15 is 0 Å². The molecule has 1 saturated heterocycles. The summed E-state index contributed by atoms with van der Waals surface area (Å²) >= 11 is 0. The van der Waals surface area contributed by atoms with Crippen molar-refractivity contribution in [2.45, 2.75) is 44.7 Å². The highest BCUT2D eigenvalue weighted by Gasteiger charge is 2.34. The molecule has 2 atom stereocenters. The van der Waals surface area contributed by atoms with Crippen molar-refractivity contribution in [3.05, 3.63) is 48.6 Å². The Morgan fingerprint density at radius 2 is 2.04 bits per heavy atom. The number of hydrogen-bond donors (Lipinski definition) is 0. The Morgan fingerprint density at radius 3 is 2.65 bits per heavy atom. The fourth-order valence-electron chi connectivity index (χ4n) is 3.37. The van der Waals surface area contributed by atoms with E-state index in [0.29, 0.717) is 6.54 Å². The van der Waals surface area contributed by atoms with Crippen LogP contribution in [0.2, 0.25) is 0 Å². The first kappa shape index (κ1) is 17.3. The maximum Gasteiger partial charge on any atom is 0.246 e. The first-order valence-electron chi connectivity index (χ1n) is 8.34. The summed E-state index contributed by atoms with van der Waals surface area (Å²) < 4.78 is 0. The van der Waals surface area contributed by atoms with Crippen LogP contribution in [0.25, 0.3) is 0 Å². The second-order valence-corrected chi connectivity index (χ2v) is 6.03. The Labute approximate surface area is 138 Å². The highest BCUT2D eigenvalue weighted by atomic mass is 16.2. The van der Waals surface area contributed by atoms with Crippen molar-refractivity contribution in [3.63, 3.8) is 0 Å². The molecule has 23 heavy (non-hydrogen) atoms. The van der Waals surface area contributed by atoms with Crippen LogP contribution in [0.3, 0.4) is 0 Å². The van der Waals surface area contributed by atoms with Gasteiger partial charge in [-0.25, -0.2) is 0 Å². The lowest BCUT2D eigenvalue weighted by Gasteiger charge is -2.38. The molecule has 1 fully saturated rings. The Morgan fingerprint density at radius 1 is 1.35 bits per heavy atom. The summed E-state index contributed by atoms with van der Waals surface area (Å²) in [6, 6.07) is 9.72. The van der Waals surface area contributed by atoms with Crippen LogP contribution in [0.1, 0.15) is 44.2 Å². The molecule has 2 unspecified atom stereocenters. The molecule has 2 amide bonds. The fourth-order valence-corrected chi connectivity index (χ4v) is 3.37. The Hall–Kier alpha value is -2.10. The molecule has 1 aliphatic rings. The van der Waals surface area contributed by atoms with E-state index in [9.17, 15) is 9.59 Å². The molecule has 0 saturated carbocycles. The third-order valence-electron chi connectivity index (χ3n) is 4.63. The van der Waals surface area contributed by atoms with Gasteiger partial charge in [0.05, 0.1) is 6.04 Å². The quantitative estimate of drug-likeness (QED) is 0.783. The number of carbonyl (C=O) groups is 2. The van der Waals surface area contributed by atoms with Gasteiger partial charge in [0.15, 0.2) is 0 Å². The Bertz CT molecular complexity index is 556. The van der Waals surface area contributed by atoms with E-state index < -0.39 is 0 Å². The summed E-state index contributed by atoms with van der Waals surface area (Å²) in [4.78, 5) is 28.5. The average molecular weight is 314 g/mol. The highest BCUT2D eigenvalue weighted by Crippen LogP contribution is 2.26. The lowest BCUT2D eigenvalue weighted by molar-refractivity contribution is -0.146. The van der Waals surface area contributed by atoms with Crippen LogP contribution in [-0.2, 0) is 9.59 Å². The highest BCUT2D eigenvalue weighted by molar-refractivity contribution is 5.92. The van der Waals surface area contributed by atoms with E-state index in [2.05, 4.69) is 13.5 Å². The number of carbonyl (C=O) groups excluding carboxylic acids is 2. The molecule has 0 aliphatic carbocycles. The second kappa shape index (κ2) is 7.95. The largest absolute Gasteiger partial charge is 0.337 e. The molecule has 124 valence electrons. The zero-order valence-corrected chi connectivity index (χ0v) is 14.1. The molecule has 0 bridgehead atoms. The molecule has 2 rings (SSSR count). The summed E-state index contributed by atoms with van der Waals surface area (Å²) in [5.74, 6) is -0.125. The normalized spacial score (nSPS) is 19.0. The summed E-state index contributed by atoms with van der Waals surface area (Å²) in [5, 5.41) is 0. The first-order valence-corrected chi connectivity index (χ1v) is 8.34. The Balaban J connectivity index is 2.19. The number of amides is 2. The topological polar surface area (TPSA) is 40.6 Å². The molecule has 1 aliphatic heterocycles. The zero-order valence-electron chi connectivity index (χ0n) is 14.1. The molecule has 0 aromatic heterocycles. The van der Waals surface area contributed by atoms with Crippen molar-refractivity contribution < 1.29 is 9.59 Å². The van der Waals surface area contributed by atoms with Crippen LogP contribution >= 0.6 is 0 Å². The second-order valence-electron chi connectivity index (χ2n) is 6.03. The van der Waals surface area contributed by atoms with Crippen molar-refractivity contribution in [2.75, 3.05) is 13.6 Å². The molecule has 0 radical (unpaired) electrons. The number of benzene rings is 1. The SMILES string of the molecule is C=CC(=O)N1CCCCC1C(=O)N(C)C(CC)c1ccccc1. The van der Waals surface area contributed by atoms with Gasteiger partial charge in [-0.15, -0.1) is 0 Å². The number of likely N-dealkylation sites (tertiary alicyclic amines) is 1. The standard InChI is InChI=1S/C19H26N2O2/c1-4-16(15-11-7-6-8-12-15)20(3)19(23)17-13-9-10-14-21(17)18(22)5-2/h5-8,11-12,16-17H,2,4,9-10,13-14H2,1,3H3. The number of piperidine rings is 1. The van der Waals surface area contributed by atoms with Crippen LogP contribution in [0, 0.1) is 0 Å². The molecule has 4 heteroatoms. The number of nitrogens with zero attached hydrogens (tertiary/aromatic N) is 2. The zero-order chi connectivity index (χ0) is 16.8. The predicted octanol–water partition coefficient (Wildman–Crippen LogP) is 3.16. The monoisotopic (exact) mass is 314 g/mol. The minimum Gasteiger partial charge on any atom is -0.337 e. The van der Waals surface area contributed by atoms with Crippen molar-refractivity contribution in [2.24, 2.45) is 0 Å². The number of likely N-dealkylation sites (N-methyl/N-ethyl adjacent to an activating group) is 1. The summed E-state index contributed by atoms with van der Waals surface area (Å²) in [6.45, 7) is 6.27.